The monoisotopic (exact) mass is 398 g/mol. The molecule has 1 aromatic carbocycles. The number of fused-ring (bicyclic) bond motifs is 1. The highest BCUT2D eigenvalue weighted by Gasteiger charge is 2.22. The lowest BCUT2D eigenvalue weighted by Gasteiger charge is -2.10. The quantitative estimate of drug-likeness (QED) is 0.489. The van der Waals surface area contributed by atoms with E-state index in [1.807, 2.05) is 49.4 Å². The van der Waals surface area contributed by atoms with Gasteiger partial charge in [-0.1, -0.05) is 12.1 Å². The number of H-pyrrole nitrogens is 1. The highest BCUT2D eigenvalue weighted by Crippen LogP contribution is 2.30. The van der Waals surface area contributed by atoms with Gasteiger partial charge in [-0.05, 0) is 50.2 Å². The molecule has 30 heavy (non-hydrogen) atoms. The molecule has 1 aliphatic rings. The zero-order chi connectivity index (χ0) is 20.5. The maximum Gasteiger partial charge on any atom is 0.228 e. The molecule has 150 valence electrons. The van der Waals surface area contributed by atoms with Crippen LogP contribution in [0.5, 0.6) is 0 Å². The van der Waals surface area contributed by atoms with E-state index in [4.69, 9.17) is 0 Å². The van der Waals surface area contributed by atoms with Crippen LogP contribution in [-0.4, -0.2) is 38.9 Å². The van der Waals surface area contributed by atoms with Crippen molar-refractivity contribution in [2.75, 3.05) is 18.4 Å². The highest BCUT2D eigenvalue weighted by molar-refractivity contribution is 5.95. The smallest absolute Gasteiger partial charge is 0.228 e. The molecule has 5 rings (SSSR count). The van der Waals surface area contributed by atoms with Gasteiger partial charge < -0.3 is 15.6 Å². The molecule has 1 atom stereocenters. The predicted octanol–water partition coefficient (Wildman–Crippen LogP) is 3.54. The van der Waals surface area contributed by atoms with E-state index in [1.165, 1.54) is 0 Å². The second-order valence-electron chi connectivity index (χ2n) is 7.60. The highest BCUT2D eigenvalue weighted by atomic mass is 16.1. The van der Waals surface area contributed by atoms with Crippen LogP contribution in [0.3, 0.4) is 0 Å². The van der Waals surface area contributed by atoms with Crippen molar-refractivity contribution in [2.24, 2.45) is 5.92 Å². The van der Waals surface area contributed by atoms with E-state index < -0.39 is 0 Å². The number of benzene rings is 1. The van der Waals surface area contributed by atoms with Gasteiger partial charge in [0, 0.05) is 23.2 Å². The number of amides is 1. The van der Waals surface area contributed by atoms with Crippen LogP contribution < -0.4 is 10.6 Å². The number of anilines is 1. The summed E-state index contributed by atoms with van der Waals surface area (Å²) in [7, 11) is 0. The molecule has 0 bridgehead atoms. The van der Waals surface area contributed by atoms with Gasteiger partial charge in [-0.3, -0.25) is 14.8 Å². The topological polar surface area (TPSA) is 95.6 Å². The van der Waals surface area contributed by atoms with Crippen LogP contribution in [0.2, 0.25) is 0 Å². The molecule has 7 heteroatoms. The van der Waals surface area contributed by atoms with Crippen molar-refractivity contribution in [3.63, 3.8) is 0 Å². The number of hydrogen-bond donors (Lipinski definition) is 3. The molecule has 1 fully saturated rings. The Bertz CT molecular complexity index is 1230. The van der Waals surface area contributed by atoms with Gasteiger partial charge >= 0.3 is 0 Å². The Morgan fingerprint density at radius 1 is 1.17 bits per heavy atom. The van der Waals surface area contributed by atoms with Gasteiger partial charge in [0.1, 0.15) is 0 Å². The first-order valence-corrected chi connectivity index (χ1v) is 10.1. The van der Waals surface area contributed by atoms with Crippen LogP contribution in [0.4, 0.5) is 5.69 Å². The number of rotatable bonds is 4. The van der Waals surface area contributed by atoms with E-state index in [0.29, 0.717) is 5.69 Å². The average molecular weight is 398 g/mol. The van der Waals surface area contributed by atoms with E-state index in [-0.39, 0.29) is 11.8 Å². The van der Waals surface area contributed by atoms with Crippen molar-refractivity contribution in [2.45, 2.75) is 13.3 Å². The Kier molecular flexibility index (Phi) is 4.72. The van der Waals surface area contributed by atoms with Crippen LogP contribution in [0, 0.1) is 12.8 Å². The minimum atomic E-state index is 0.0143. The Balaban J connectivity index is 1.48. The minimum absolute atomic E-state index is 0.0143. The number of hydrogen-bond acceptors (Lipinski definition) is 5. The Morgan fingerprint density at radius 3 is 2.93 bits per heavy atom. The van der Waals surface area contributed by atoms with Crippen molar-refractivity contribution in [3.8, 4) is 22.6 Å². The standard InChI is InChI=1S/C23H22N6O/c1-14-3-2-4-20(28-14)22-21(26-13-27-22)15-5-6-19-17(9-15)10-18(12-25-19)29-23(30)16-7-8-24-11-16/h2-6,9-10,12-13,16,24H,7-8,11H2,1H3,(H,26,27)(H,29,30). The van der Waals surface area contributed by atoms with E-state index in [1.54, 1.807) is 12.5 Å². The van der Waals surface area contributed by atoms with Crippen LogP contribution in [-0.2, 0) is 4.79 Å². The molecule has 3 N–H and O–H groups in total. The molecule has 1 amide bonds. The van der Waals surface area contributed by atoms with Gasteiger partial charge in [0.05, 0.1) is 46.7 Å². The molecule has 1 saturated heterocycles. The number of nitrogens with zero attached hydrogens (tertiary/aromatic N) is 3. The van der Waals surface area contributed by atoms with Gasteiger partial charge in [0.2, 0.25) is 5.91 Å². The van der Waals surface area contributed by atoms with E-state index in [0.717, 1.165) is 58.8 Å². The Morgan fingerprint density at radius 2 is 2.10 bits per heavy atom. The fraction of sp³-hybridized carbons (Fsp3) is 0.217. The summed E-state index contributed by atoms with van der Waals surface area (Å²) in [5.74, 6) is 0.0536. The molecule has 4 aromatic rings. The molecule has 4 heterocycles. The van der Waals surface area contributed by atoms with Gasteiger partial charge in [0.15, 0.2) is 0 Å². The number of aryl methyl sites for hydroxylation is 1. The van der Waals surface area contributed by atoms with E-state index in [2.05, 4.69) is 30.6 Å². The molecule has 0 radical (unpaired) electrons. The van der Waals surface area contributed by atoms with Crippen LogP contribution in [0.1, 0.15) is 12.1 Å². The van der Waals surface area contributed by atoms with Gasteiger partial charge in [-0.25, -0.2) is 4.98 Å². The lowest BCUT2D eigenvalue weighted by molar-refractivity contribution is -0.119. The third kappa shape index (κ3) is 3.55. The molecule has 7 nitrogen and oxygen atoms in total. The maximum atomic E-state index is 12.4. The SMILES string of the molecule is Cc1cccc(-c2[nH]cnc2-c2ccc3ncc(NC(=O)C4CCNC4)cc3c2)n1. The fourth-order valence-corrected chi connectivity index (χ4v) is 3.86. The van der Waals surface area contributed by atoms with Crippen LogP contribution in [0.15, 0.2) is 55.0 Å². The molecule has 0 aliphatic carbocycles. The minimum Gasteiger partial charge on any atom is -0.343 e. The van der Waals surface area contributed by atoms with E-state index >= 15 is 0 Å². The number of aromatic amines is 1. The summed E-state index contributed by atoms with van der Waals surface area (Å²) in [6.07, 6.45) is 4.26. The van der Waals surface area contributed by atoms with Crippen molar-refractivity contribution in [3.05, 3.63) is 60.7 Å². The summed E-state index contributed by atoms with van der Waals surface area (Å²) >= 11 is 0. The molecular formula is C23H22N6O. The van der Waals surface area contributed by atoms with Gasteiger partial charge in [-0.2, -0.15) is 0 Å². The summed E-state index contributed by atoms with van der Waals surface area (Å²) in [4.78, 5) is 29.3. The maximum absolute atomic E-state index is 12.4. The normalized spacial score (nSPS) is 16.1. The summed E-state index contributed by atoms with van der Waals surface area (Å²) in [6, 6.07) is 13.9. The summed E-state index contributed by atoms with van der Waals surface area (Å²) in [5, 5.41) is 7.17. The lowest BCUT2D eigenvalue weighted by Crippen LogP contribution is -2.24. The first-order valence-electron chi connectivity index (χ1n) is 10.1. The first kappa shape index (κ1) is 18.4. The molecular weight excluding hydrogens is 376 g/mol. The first-order chi connectivity index (χ1) is 14.7. The third-order valence-corrected chi connectivity index (χ3v) is 5.44. The number of imidazole rings is 1. The summed E-state index contributed by atoms with van der Waals surface area (Å²) < 4.78 is 0. The Hall–Kier alpha value is -3.58. The second-order valence-corrected chi connectivity index (χ2v) is 7.60. The van der Waals surface area contributed by atoms with Crippen molar-refractivity contribution >= 4 is 22.5 Å². The number of nitrogens with one attached hydrogen (secondary N) is 3. The predicted molar refractivity (Wildman–Crippen MR) is 117 cm³/mol. The van der Waals surface area contributed by atoms with Crippen molar-refractivity contribution in [1.82, 2.24) is 25.3 Å². The van der Waals surface area contributed by atoms with Crippen LogP contribution >= 0.6 is 0 Å². The molecule has 3 aromatic heterocycles. The number of pyridine rings is 2. The van der Waals surface area contributed by atoms with Gasteiger partial charge in [-0.15, -0.1) is 0 Å². The Labute approximate surface area is 174 Å². The molecule has 1 aliphatic heterocycles. The lowest BCUT2D eigenvalue weighted by atomic mass is 10.0. The van der Waals surface area contributed by atoms with Crippen LogP contribution in [0.25, 0.3) is 33.5 Å². The average Bonchev–Trinajstić information content (AvgIpc) is 3.45. The fourth-order valence-electron chi connectivity index (χ4n) is 3.86. The molecule has 1 unspecified atom stereocenters. The molecule has 0 spiro atoms. The zero-order valence-electron chi connectivity index (χ0n) is 16.6. The zero-order valence-corrected chi connectivity index (χ0v) is 16.6. The molecule has 0 saturated carbocycles. The van der Waals surface area contributed by atoms with E-state index in [9.17, 15) is 4.79 Å². The van der Waals surface area contributed by atoms with Crippen molar-refractivity contribution < 1.29 is 4.79 Å². The number of carbonyl (C=O) groups is 1. The number of carbonyl (C=O) groups excluding carboxylic acids is 1. The number of aromatic nitrogens is 4. The summed E-state index contributed by atoms with van der Waals surface area (Å²) in [6.45, 7) is 3.59. The second kappa shape index (κ2) is 7.68. The van der Waals surface area contributed by atoms with Gasteiger partial charge in [0.25, 0.3) is 0 Å². The van der Waals surface area contributed by atoms with Crippen molar-refractivity contribution in [1.29, 1.82) is 0 Å². The summed E-state index contributed by atoms with van der Waals surface area (Å²) in [5.41, 5.74) is 6.06. The largest absolute Gasteiger partial charge is 0.343 e. The third-order valence-electron chi connectivity index (χ3n) is 5.44.